The summed E-state index contributed by atoms with van der Waals surface area (Å²) in [5, 5.41) is 6.65. The number of hydrazone groups is 1. The largest absolute Gasteiger partial charge is 0.322 e. The van der Waals surface area contributed by atoms with Gasteiger partial charge in [-0.25, -0.2) is 5.43 Å². The lowest BCUT2D eigenvalue weighted by Crippen LogP contribution is -2.18. The number of rotatable bonds is 5. The molecule has 0 radical (unpaired) electrons. The summed E-state index contributed by atoms with van der Waals surface area (Å²) in [4.78, 5) is 28.2. The van der Waals surface area contributed by atoms with Gasteiger partial charge in [-0.2, -0.15) is 5.10 Å². The Morgan fingerprint density at radius 1 is 0.808 bits per heavy atom. The van der Waals surface area contributed by atoms with Gasteiger partial charge in [0.25, 0.3) is 11.8 Å². The highest BCUT2D eigenvalue weighted by Crippen LogP contribution is 2.11. The van der Waals surface area contributed by atoms with Gasteiger partial charge in [0.15, 0.2) is 0 Å². The van der Waals surface area contributed by atoms with Crippen LogP contribution in [-0.2, 0) is 0 Å². The summed E-state index contributed by atoms with van der Waals surface area (Å²) in [6.45, 7) is 0. The molecule has 1 aromatic heterocycles. The topological polar surface area (TPSA) is 83.4 Å². The molecule has 0 aliphatic carbocycles. The molecule has 0 aliphatic heterocycles. The van der Waals surface area contributed by atoms with E-state index in [0.717, 1.165) is 0 Å². The predicted octanol–water partition coefficient (Wildman–Crippen LogP) is 3.10. The number of hydrogen-bond acceptors (Lipinski definition) is 4. The number of hydrogen-bond donors (Lipinski definition) is 2. The van der Waals surface area contributed by atoms with Gasteiger partial charge in [0, 0.05) is 23.0 Å². The Hall–Kier alpha value is -3.80. The number of carbonyl (C=O) groups is 2. The van der Waals surface area contributed by atoms with Crippen LogP contribution in [0.3, 0.4) is 0 Å². The number of aromatic nitrogens is 1. The first-order chi connectivity index (χ1) is 12.7. The number of nitrogens with one attached hydrogen (secondary N) is 2. The van der Waals surface area contributed by atoms with Crippen LogP contribution in [0.1, 0.15) is 26.4 Å². The molecule has 2 N–H and O–H groups in total. The molecule has 6 heteroatoms. The lowest BCUT2D eigenvalue weighted by molar-refractivity contribution is 0.0954. The van der Waals surface area contributed by atoms with Crippen LogP contribution in [0.2, 0.25) is 0 Å². The molecule has 26 heavy (non-hydrogen) atoms. The van der Waals surface area contributed by atoms with Crippen molar-refractivity contribution in [2.24, 2.45) is 5.10 Å². The highest BCUT2D eigenvalue weighted by Gasteiger charge is 2.07. The van der Waals surface area contributed by atoms with Crippen molar-refractivity contribution in [2.75, 3.05) is 5.32 Å². The summed E-state index contributed by atoms with van der Waals surface area (Å²) in [5.74, 6) is -0.555. The van der Waals surface area contributed by atoms with E-state index in [9.17, 15) is 9.59 Å². The first-order valence-corrected chi connectivity index (χ1v) is 7.93. The van der Waals surface area contributed by atoms with Crippen LogP contribution in [0.25, 0.3) is 0 Å². The van der Waals surface area contributed by atoms with E-state index in [2.05, 4.69) is 20.8 Å². The molecule has 0 saturated heterocycles. The van der Waals surface area contributed by atoms with Crippen LogP contribution in [-0.4, -0.2) is 23.0 Å². The molecule has 3 aromatic rings. The first-order valence-electron chi connectivity index (χ1n) is 7.93. The Morgan fingerprint density at radius 2 is 1.50 bits per heavy atom. The van der Waals surface area contributed by atoms with E-state index in [1.54, 1.807) is 66.9 Å². The second-order valence-electron chi connectivity index (χ2n) is 5.35. The number of amides is 2. The summed E-state index contributed by atoms with van der Waals surface area (Å²) in [7, 11) is 0. The summed E-state index contributed by atoms with van der Waals surface area (Å²) in [6.07, 6.45) is 3.11. The predicted molar refractivity (Wildman–Crippen MR) is 100 cm³/mol. The summed E-state index contributed by atoms with van der Waals surface area (Å²) < 4.78 is 0. The highest BCUT2D eigenvalue weighted by molar-refractivity contribution is 6.04. The Bertz CT molecular complexity index is 908. The average molecular weight is 344 g/mol. The average Bonchev–Trinajstić information content (AvgIpc) is 2.70. The van der Waals surface area contributed by atoms with Crippen molar-refractivity contribution in [3.05, 3.63) is 95.8 Å². The molecule has 1 heterocycles. The summed E-state index contributed by atoms with van der Waals surface area (Å²) >= 11 is 0. The van der Waals surface area contributed by atoms with E-state index < -0.39 is 0 Å². The molecule has 0 saturated carbocycles. The fourth-order valence-electron chi connectivity index (χ4n) is 2.17. The van der Waals surface area contributed by atoms with Gasteiger partial charge in [-0.1, -0.05) is 24.3 Å². The molecule has 0 aliphatic rings. The Labute approximate surface area is 150 Å². The molecule has 6 nitrogen and oxygen atoms in total. The molecule has 2 amide bonds. The third kappa shape index (κ3) is 4.61. The van der Waals surface area contributed by atoms with Crippen LogP contribution < -0.4 is 10.7 Å². The van der Waals surface area contributed by atoms with Crippen molar-refractivity contribution >= 4 is 23.7 Å². The Balaban J connectivity index is 1.57. The number of carbonyl (C=O) groups excluding carboxylic acids is 2. The highest BCUT2D eigenvalue weighted by atomic mass is 16.2. The summed E-state index contributed by atoms with van der Waals surface area (Å²) in [6, 6.07) is 20.9. The van der Waals surface area contributed by atoms with E-state index in [1.165, 1.54) is 6.21 Å². The zero-order chi connectivity index (χ0) is 18.2. The van der Waals surface area contributed by atoms with Gasteiger partial charge in [0.1, 0.15) is 0 Å². The Morgan fingerprint density at radius 3 is 2.19 bits per heavy atom. The van der Waals surface area contributed by atoms with Crippen molar-refractivity contribution in [1.29, 1.82) is 0 Å². The zero-order valence-electron chi connectivity index (χ0n) is 13.8. The molecule has 0 unspecified atom stereocenters. The number of benzene rings is 2. The number of pyridine rings is 1. The molecule has 3 rings (SSSR count). The fraction of sp³-hybridized carbons (Fsp3) is 0. The van der Waals surface area contributed by atoms with Crippen LogP contribution >= 0.6 is 0 Å². The number of nitrogens with zero attached hydrogens (tertiary/aromatic N) is 2. The summed E-state index contributed by atoms with van der Waals surface area (Å²) in [5.41, 5.74) is 4.69. The monoisotopic (exact) mass is 344 g/mol. The van der Waals surface area contributed by atoms with Gasteiger partial charge in [0.2, 0.25) is 0 Å². The molecule has 2 aromatic carbocycles. The number of anilines is 1. The van der Waals surface area contributed by atoms with E-state index in [4.69, 9.17) is 0 Å². The maximum atomic E-state index is 12.1. The quantitative estimate of drug-likeness (QED) is 0.551. The van der Waals surface area contributed by atoms with Crippen molar-refractivity contribution in [2.45, 2.75) is 0 Å². The fourth-order valence-corrected chi connectivity index (χ4v) is 2.17. The molecule has 0 atom stereocenters. The maximum Gasteiger partial charge on any atom is 0.271 e. The van der Waals surface area contributed by atoms with Crippen LogP contribution in [0, 0.1) is 0 Å². The van der Waals surface area contributed by atoms with Gasteiger partial charge in [0.05, 0.1) is 11.9 Å². The third-order valence-electron chi connectivity index (χ3n) is 3.49. The SMILES string of the molecule is O=C(N/N=C/c1ccccn1)c1ccc(NC(=O)c2ccccc2)cc1. The molecule has 128 valence electrons. The zero-order valence-corrected chi connectivity index (χ0v) is 13.8. The van der Waals surface area contributed by atoms with Crippen LogP contribution in [0.5, 0.6) is 0 Å². The van der Waals surface area contributed by atoms with Crippen molar-refractivity contribution in [3.63, 3.8) is 0 Å². The van der Waals surface area contributed by atoms with Gasteiger partial charge in [-0.05, 0) is 48.5 Å². The Kier molecular flexibility index (Phi) is 5.47. The van der Waals surface area contributed by atoms with Crippen molar-refractivity contribution < 1.29 is 9.59 Å². The van der Waals surface area contributed by atoms with Gasteiger partial charge in [-0.15, -0.1) is 0 Å². The lowest BCUT2D eigenvalue weighted by Gasteiger charge is -2.06. The minimum atomic E-state index is -0.349. The van der Waals surface area contributed by atoms with Crippen molar-refractivity contribution in [1.82, 2.24) is 10.4 Å². The van der Waals surface area contributed by atoms with Gasteiger partial charge >= 0.3 is 0 Å². The maximum absolute atomic E-state index is 12.1. The minimum Gasteiger partial charge on any atom is -0.322 e. The standard InChI is InChI=1S/C20H16N4O2/c25-19(15-6-2-1-3-7-15)23-17-11-9-16(10-12-17)20(26)24-22-14-18-8-4-5-13-21-18/h1-14H,(H,23,25)(H,24,26)/b22-14+. The van der Waals surface area contributed by atoms with Gasteiger partial charge < -0.3 is 5.32 Å². The van der Waals surface area contributed by atoms with Crippen LogP contribution in [0.4, 0.5) is 5.69 Å². The van der Waals surface area contributed by atoms with E-state index in [0.29, 0.717) is 22.5 Å². The smallest absolute Gasteiger partial charge is 0.271 e. The second-order valence-corrected chi connectivity index (χ2v) is 5.35. The molecule has 0 bridgehead atoms. The first kappa shape index (κ1) is 17.0. The van der Waals surface area contributed by atoms with Crippen molar-refractivity contribution in [3.8, 4) is 0 Å². The van der Waals surface area contributed by atoms with E-state index in [1.807, 2.05) is 12.1 Å². The van der Waals surface area contributed by atoms with Gasteiger partial charge in [-0.3, -0.25) is 14.6 Å². The van der Waals surface area contributed by atoms with Crippen LogP contribution in [0.15, 0.2) is 84.1 Å². The van der Waals surface area contributed by atoms with E-state index >= 15 is 0 Å². The minimum absolute atomic E-state index is 0.206. The van der Waals surface area contributed by atoms with E-state index in [-0.39, 0.29) is 11.8 Å². The third-order valence-corrected chi connectivity index (χ3v) is 3.49. The molecule has 0 spiro atoms. The second kappa shape index (κ2) is 8.34. The normalized spacial score (nSPS) is 10.5. The molecule has 0 fully saturated rings. The molecular weight excluding hydrogens is 328 g/mol. The molecular formula is C20H16N4O2. The lowest BCUT2D eigenvalue weighted by atomic mass is 10.2.